The maximum Gasteiger partial charge on any atom is 0.289 e. The van der Waals surface area contributed by atoms with Crippen molar-refractivity contribution < 1.29 is 18.4 Å². The van der Waals surface area contributed by atoms with E-state index >= 15 is 4.39 Å². The molecule has 1 aliphatic rings. The first-order valence-corrected chi connectivity index (χ1v) is 10.7. The number of carbonyl (C=O) groups is 1. The number of rotatable bonds is 8. The fraction of sp³-hybridized carbons (Fsp3) is 0.286. The van der Waals surface area contributed by atoms with Gasteiger partial charge in [0.2, 0.25) is 5.82 Å². The zero-order chi connectivity index (χ0) is 22.8. The van der Waals surface area contributed by atoms with E-state index in [0.717, 1.165) is 17.4 Å². The number of nitrogens with one attached hydrogen (secondary N) is 3. The second-order valence-corrected chi connectivity index (χ2v) is 8.46. The van der Waals surface area contributed by atoms with E-state index in [4.69, 9.17) is 4.84 Å². The van der Waals surface area contributed by atoms with Gasteiger partial charge in [0.05, 0.1) is 41.6 Å². The summed E-state index contributed by atoms with van der Waals surface area (Å²) in [6, 6.07) is 3.42. The number of benzene rings is 1. The Morgan fingerprint density at radius 1 is 1.41 bits per heavy atom. The van der Waals surface area contributed by atoms with E-state index in [1.807, 2.05) is 0 Å². The molecule has 32 heavy (non-hydrogen) atoms. The molecule has 1 unspecified atom stereocenters. The van der Waals surface area contributed by atoms with Gasteiger partial charge in [-0.25, -0.2) is 14.9 Å². The van der Waals surface area contributed by atoms with Crippen molar-refractivity contribution >= 4 is 33.2 Å². The summed E-state index contributed by atoms with van der Waals surface area (Å²) in [5.41, 5.74) is 0.999. The largest absolute Gasteiger partial charge is 0.351 e. The first-order chi connectivity index (χ1) is 15.3. The maximum atomic E-state index is 15.3. The molecule has 2 heterocycles. The van der Waals surface area contributed by atoms with Gasteiger partial charge < -0.3 is 14.9 Å². The van der Waals surface area contributed by atoms with E-state index in [1.165, 1.54) is 24.7 Å². The summed E-state index contributed by atoms with van der Waals surface area (Å²) in [5.74, 6) is -2.31. The van der Waals surface area contributed by atoms with Crippen LogP contribution in [0.4, 0.5) is 20.2 Å². The third-order valence-corrected chi connectivity index (χ3v) is 5.65. The van der Waals surface area contributed by atoms with Gasteiger partial charge in [-0.3, -0.25) is 14.4 Å². The van der Waals surface area contributed by atoms with Gasteiger partial charge >= 0.3 is 0 Å². The molecule has 4 rings (SSSR count). The fourth-order valence-electron chi connectivity index (χ4n) is 3.12. The van der Waals surface area contributed by atoms with Crippen LogP contribution >= 0.6 is 15.9 Å². The number of aromatic amines is 1. The molecule has 0 aliphatic heterocycles. The zero-order valence-electron chi connectivity index (χ0n) is 17.0. The summed E-state index contributed by atoms with van der Waals surface area (Å²) >= 11 is 3.15. The Kier molecular flexibility index (Phi) is 6.38. The molecule has 3 N–H and O–H groups in total. The monoisotopic (exact) mass is 507 g/mol. The first-order valence-electron chi connectivity index (χ1n) is 9.92. The van der Waals surface area contributed by atoms with E-state index < -0.39 is 34.8 Å². The highest BCUT2D eigenvalue weighted by Gasteiger charge is 2.26. The number of nitrogens with zero attached hydrogens (tertiary/aromatic N) is 2. The molecule has 168 valence electrons. The summed E-state index contributed by atoms with van der Waals surface area (Å²) in [6.07, 6.45) is 6.24. The van der Waals surface area contributed by atoms with Crippen LogP contribution < -0.4 is 16.4 Å². The minimum Gasteiger partial charge on any atom is -0.351 e. The highest BCUT2D eigenvalue weighted by molar-refractivity contribution is 9.10. The number of hydrogen-bond acceptors (Lipinski definition) is 5. The van der Waals surface area contributed by atoms with Crippen molar-refractivity contribution in [1.82, 2.24) is 20.0 Å². The third-order valence-electron chi connectivity index (χ3n) is 5.16. The Labute approximate surface area is 190 Å². The van der Waals surface area contributed by atoms with Gasteiger partial charge in [0, 0.05) is 16.9 Å². The van der Waals surface area contributed by atoms with Crippen LogP contribution in [0.15, 0.2) is 46.2 Å². The van der Waals surface area contributed by atoms with Crippen molar-refractivity contribution in [3.63, 3.8) is 0 Å². The second kappa shape index (κ2) is 9.21. The lowest BCUT2D eigenvalue weighted by molar-refractivity contribution is 0.0270. The lowest BCUT2D eigenvalue weighted by Crippen LogP contribution is -2.32. The van der Waals surface area contributed by atoms with Crippen molar-refractivity contribution in [1.29, 1.82) is 0 Å². The molecule has 1 aromatic carbocycles. The van der Waals surface area contributed by atoms with Crippen molar-refractivity contribution in [3.05, 3.63) is 74.6 Å². The SMILES string of the molecule is CC(c1c[nH]cn1)n1cc(C(=O)NOCC2CC2)c(Nc2ccc(Br)cc2F)c(F)c1=O. The number of carbonyl (C=O) groups excluding carboxylic acids is 1. The lowest BCUT2D eigenvalue weighted by Gasteiger charge is -2.19. The van der Waals surface area contributed by atoms with Crippen molar-refractivity contribution in [3.8, 4) is 0 Å². The molecule has 8 nitrogen and oxygen atoms in total. The molecule has 2 aromatic heterocycles. The number of hydrogen-bond donors (Lipinski definition) is 3. The van der Waals surface area contributed by atoms with Gasteiger partial charge in [0.25, 0.3) is 11.5 Å². The molecule has 11 heteroatoms. The van der Waals surface area contributed by atoms with Crippen molar-refractivity contribution in [2.24, 2.45) is 5.92 Å². The van der Waals surface area contributed by atoms with Gasteiger partial charge in [-0.05, 0) is 43.9 Å². The average molecular weight is 508 g/mol. The standard InChI is InChI=1S/C21H20BrF2N5O3/c1-11(17-7-25-10-26-17)29-8-14(20(30)28-32-9-12-2-3-12)19(18(24)21(29)31)27-16-5-4-13(22)6-15(16)23/h4-8,10-12,27H,2-3,9H2,1H3,(H,25,26)(H,28,30). The lowest BCUT2D eigenvalue weighted by atomic mass is 10.1. The van der Waals surface area contributed by atoms with E-state index in [1.54, 1.807) is 19.2 Å². The van der Waals surface area contributed by atoms with Gasteiger partial charge in [-0.1, -0.05) is 15.9 Å². The molecule has 1 saturated carbocycles. The maximum absolute atomic E-state index is 15.3. The molecule has 0 saturated heterocycles. The molecular formula is C21H20BrF2N5O3. The quantitative estimate of drug-likeness (QED) is 0.399. The number of H-pyrrole nitrogens is 1. The van der Waals surface area contributed by atoms with Crippen LogP contribution in [0.1, 0.15) is 41.9 Å². The fourth-order valence-corrected chi connectivity index (χ4v) is 3.45. The summed E-state index contributed by atoms with van der Waals surface area (Å²) < 4.78 is 31.2. The summed E-state index contributed by atoms with van der Waals surface area (Å²) in [5, 5.41) is 2.55. The first kappa shape index (κ1) is 22.2. The number of anilines is 2. The van der Waals surface area contributed by atoms with Crippen LogP contribution in [0, 0.1) is 17.6 Å². The summed E-state index contributed by atoms with van der Waals surface area (Å²) in [4.78, 5) is 37.7. The number of aromatic nitrogens is 3. The molecular weight excluding hydrogens is 488 g/mol. The van der Waals surface area contributed by atoms with Crippen LogP contribution in [0.25, 0.3) is 0 Å². The molecule has 1 amide bonds. The Balaban J connectivity index is 1.74. The van der Waals surface area contributed by atoms with Gasteiger partial charge in [0.15, 0.2) is 0 Å². The van der Waals surface area contributed by atoms with E-state index in [-0.39, 0.29) is 11.3 Å². The highest BCUT2D eigenvalue weighted by Crippen LogP contribution is 2.29. The van der Waals surface area contributed by atoms with E-state index in [9.17, 15) is 14.0 Å². The van der Waals surface area contributed by atoms with Crippen molar-refractivity contribution in [2.45, 2.75) is 25.8 Å². The second-order valence-electron chi connectivity index (χ2n) is 7.55. The smallest absolute Gasteiger partial charge is 0.289 e. The number of pyridine rings is 1. The van der Waals surface area contributed by atoms with Crippen LogP contribution in [-0.4, -0.2) is 27.0 Å². The van der Waals surface area contributed by atoms with E-state index in [0.29, 0.717) is 22.7 Å². The molecule has 1 atom stereocenters. The van der Waals surface area contributed by atoms with E-state index in [2.05, 4.69) is 36.7 Å². The summed E-state index contributed by atoms with van der Waals surface area (Å²) in [6.45, 7) is 1.98. The van der Waals surface area contributed by atoms with Crippen molar-refractivity contribution in [2.75, 3.05) is 11.9 Å². The predicted molar refractivity (Wildman–Crippen MR) is 117 cm³/mol. The molecule has 1 fully saturated rings. The Hall–Kier alpha value is -3.05. The van der Waals surface area contributed by atoms with Crippen LogP contribution in [0.2, 0.25) is 0 Å². The summed E-state index contributed by atoms with van der Waals surface area (Å²) in [7, 11) is 0. The topological polar surface area (TPSA) is 101 Å². The van der Waals surface area contributed by atoms with Crippen LogP contribution in [0.3, 0.4) is 0 Å². The predicted octanol–water partition coefficient (Wildman–Crippen LogP) is 4.04. The number of halogens is 3. The minimum absolute atomic E-state index is 0.0995. The average Bonchev–Trinajstić information content (AvgIpc) is 3.42. The third kappa shape index (κ3) is 4.73. The van der Waals surface area contributed by atoms with Crippen LogP contribution in [-0.2, 0) is 4.84 Å². The molecule has 3 aromatic rings. The number of imidazole rings is 1. The Bertz CT molecular complexity index is 1190. The minimum atomic E-state index is -1.23. The Morgan fingerprint density at radius 2 is 2.19 bits per heavy atom. The molecule has 0 bridgehead atoms. The highest BCUT2D eigenvalue weighted by atomic mass is 79.9. The number of amides is 1. The molecule has 0 radical (unpaired) electrons. The van der Waals surface area contributed by atoms with Gasteiger partial charge in [-0.2, -0.15) is 4.39 Å². The van der Waals surface area contributed by atoms with Gasteiger partial charge in [-0.15, -0.1) is 0 Å². The molecule has 1 aliphatic carbocycles. The number of hydroxylamine groups is 1. The molecule has 0 spiro atoms. The Morgan fingerprint density at radius 3 is 2.84 bits per heavy atom. The normalized spacial score (nSPS) is 14.2. The van der Waals surface area contributed by atoms with Gasteiger partial charge in [0.1, 0.15) is 5.82 Å². The zero-order valence-corrected chi connectivity index (χ0v) is 18.6. The van der Waals surface area contributed by atoms with Crippen LogP contribution in [0.5, 0.6) is 0 Å².